The molecule has 0 aliphatic carbocycles. The minimum absolute atomic E-state index is 0.0952. The van der Waals surface area contributed by atoms with Gasteiger partial charge in [-0.15, -0.1) is 0 Å². The lowest BCUT2D eigenvalue weighted by atomic mass is 9.99. The third-order valence-corrected chi connectivity index (χ3v) is 3.50. The van der Waals surface area contributed by atoms with Crippen molar-refractivity contribution in [2.75, 3.05) is 6.54 Å². The molecule has 0 spiro atoms. The van der Waals surface area contributed by atoms with Crippen molar-refractivity contribution < 1.29 is 14.7 Å². The molecule has 6 heteroatoms. The Morgan fingerprint density at radius 1 is 1.53 bits per heavy atom. The zero-order valence-electron chi connectivity index (χ0n) is 10.3. The van der Waals surface area contributed by atoms with Crippen molar-refractivity contribution in [3.63, 3.8) is 0 Å². The lowest BCUT2D eigenvalue weighted by molar-refractivity contribution is 0.0529. The number of aliphatic hydroxyl groups is 1. The molecule has 0 bridgehead atoms. The van der Waals surface area contributed by atoms with Crippen molar-refractivity contribution in [1.82, 2.24) is 10.3 Å². The SMILES string of the molecule is CC(O)(CNC(=O)c1ccc(C=O)[nH]1)c1ccsc1. The highest BCUT2D eigenvalue weighted by Gasteiger charge is 2.24. The number of aldehydes is 1. The molecule has 0 aromatic carbocycles. The van der Waals surface area contributed by atoms with Crippen LogP contribution in [-0.4, -0.2) is 28.8 Å². The second kappa shape index (κ2) is 5.38. The average Bonchev–Trinajstić information content (AvgIpc) is 3.06. The Balaban J connectivity index is 1.98. The maximum Gasteiger partial charge on any atom is 0.267 e. The smallest absolute Gasteiger partial charge is 0.267 e. The molecule has 3 N–H and O–H groups in total. The molecule has 0 saturated carbocycles. The van der Waals surface area contributed by atoms with Gasteiger partial charge < -0.3 is 15.4 Å². The van der Waals surface area contributed by atoms with E-state index in [1.54, 1.807) is 6.92 Å². The van der Waals surface area contributed by atoms with Crippen LogP contribution in [0.25, 0.3) is 0 Å². The Kier molecular flexibility index (Phi) is 3.82. The van der Waals surface area contributed by atoms with Gasteiger partial charge in [0.2, 0.25) is 0 Å². The number of aromatic nitrogens is 1. The van der Waals surface area contributed by atoms with Gasteiger partial charge >= 0.3 is 0 Å². The fraction of sp³-hybridized carbons (Fsp3) is 0.231. The standard InChI is InChI=1S/C13H14N2O3S/c1-13(18,9-4-5-19-7-9)8-14-12(17)11-3-2-10(6-16)15-11/h2-7,15,18H,8H2,1H3,(H,14,17). The minimum atomic E-state index is -1.12. The van der Waals surface area contributed by atoms with Gasteiger partial charge in [0.25, 0.3) is 5.91 Å². The second-order valence-electron chi connectivity index (χ2n) is 4.41. The maximum atomic E-state index is 11.8. The lowest BCUT2D eigenvalue weighted by Gasteiger charge is -2.22. The number of carbonyl (C=O) groups is 2. The van der Waals surface area contributed by atoms with Crippen LogP contribution in [0.2, 0.25) is 0 Å². The van der Waals surface area contributed by atoms with Crippen LogP contribution in [0, 0.1) is 0 Å². The summed E-state index contributed by atoms with van der Waals surface area (Å²) < 4.78 is 0. The molecular weight excluding hydrogens is 264 g/mol. The van der Waals surface area contributed by atoms with Gasteiger partial charge in [0, 0.05) is 0 Å². The van der Waals surface area contributed by atoms with E-state index in [2.05, 4.69) is 10.3 Å². The van der Waals surface area contributed by atoms with Crippen molar-refractivity contribution in [3.05, 3.63) is 45.9 Å². The van der Waals surface area contributed by atoms with Crippen LogP contribution in [0.4, 0.5) is 0 Å². The van der Waals surface area contributed by atoms with E-state index in [0.29, 0.717) is 17.7 Å². The normalized spacial score (nSPS) is 13.8. The van der Waals surface area contributed by atoms with Gasteiger partial charge in [-0.1, -0.05) is 0 Å². The first-order valence-corrected chi connectivity index (χ1v) is 6.64. The summed E-state index contributed by atoms with van der Waals surface area (Å²) in [4.78, 5) is 25.0. The van der Waals surface area contributed by atoms with Crippen LogP contribution in [0.15, 0.2) is 29.0 Å². The molecule has 2 aromatic heterocycles. The van der Waals surface area contributed by atoms with E-state index >= 15 is 0 Å². The van der Waals surface area contributed by atoms with Gasteiger partial charge in [0.1, 0.15) is 11.3 Å². The van der Waals surface area contributed by atoms with E-state index in [1.165, 1.54) is 23.5 Å². The van der Waals surface area contributed by atoms with E-state index in [0.717, 1.165) is 5.56 Å². The summed E-state index contributed by atoms with van der Waals surface area (Å²) in [5.74, 6) is -0.358. The third kappa shape index (κ3) is 3.10. The number of amides is 1. The molecule has 1 atom stereocenters. The summed E-state index contributed by atoms with van der Waals surface area (Å²) in [6.45, 7) is 1.74. The Hall–Kier alpha value is -1.92. The molecule has 1 amide bonds. The van der Waals surface area contributed by atoms with Crippen molar-refractivity contribution in [1.29, 1.82) is 0 Å². The number of rotatable bonds is 5. The fourth-order valence-electron chi connectivity index (χ4n) is 1.63. The van der Waals surface area contributed by atoms with E-state index in [9.17, 15) is 14.7 Å². The van der Waals surface area contributed by atoms with Crippen molar-refractivity contribution in [2.45, 2.75) is 12.5 Å². The molecule has 19 heavy (non-hydrogen) atoms. The van der Waals surface area contributed by atoms with Gasteiger partial charge in [-0.3, -0.25) is 9.59 Å². The molecule has 2 rings (SSSR count). The summed E-state index contributed by atoms with van der Waals surface area (Å²) >= 11 is 1.49. The topological polar surface area (TPSA) is 82.2 Å². The predicted molar refractivity (Wildman–Crippen MR) is 72.4 cm³/mol. The molecule has 2 heterocycles. The minimum Gasteiger partial charge on any atom is -0.384 e. The summed E-state index contributed by atoms with van der Waals surface area (Å²) in [5.41, 5.74) is 0.284. The first kappa shape index (κ1) is 13.5. The molecular formula is C13H14N2O3S. The summed E-state index contributed by atoms with van der Waals surface area (Å²) in [7, 11) is 0. The van der Waals surface area contributed by atoms with Crippen LogP contribution in [0.5, 0.6) is 0 Å². The average molecular weight is 278 g/mol. The highest BCUT2D eigenvalue weighted by molar-refractivity contribution is 7.08. The van der Waals surface area contributed by atoms with Crippen molar-refractivity contribution in [2.24, 2.45) is 0 Å². The molecule has 2 aromatic rings. The molecule has 0 radical (unpaired) electrons. The third-order valence-electron chi connectivity index (χ3n) is 2.82. The number of aromatic amines is 1. The summed E-state index contributed by atoms with van der Waals surface area (Å²) in [5, 5.41) is 16.6. The Morgan fingerprint density at radius 3 is 2.89 bits per heavy atom. The highest BCUT2D eigenvalue weighted by Crippen LogP contribution is 2.22. The first-order valence-electron chi connectivity index (χ1n) is 5.70. The Labute approximate surface area is 114 Å². The van der Waals surface area contributed by atoms with Crippen molar-refractivity contribution in [3.8, 4) is 0 Å². The molecule has 0 aliphatic heterocycles. The number of carbonyl (C=O) groups excluding carboxylic acids is 2. The van der Waals surface area contributed by atoms with Gasteiger partial charge in [-0.05, 0) is 41.4 Å². The van der Waals surface area contributed by atoms with E-state index in [1.807, 2.05) is 16.8 Å². The zero-order valence-corrected chi connectivity index (χ0v) is 11.2. The van der Waals surface area contributed by atoms with Crippen LogP contribution in [0.1, 0.15) is 33.5 Å². The van der Waals surface area contributed by atoms with Crippen LogP contribution >= 0.6 is 11.3 Å². The zero-order chi connectivity index (χ0) is 13.9. The summed E-state index contributed by atoms with van der Waals surface area (Å²) in [6.07, 6.45) is 0.637. The van der Waals surface area contributed by atoms with E-state index in [-0.39, 0.29) is 12.5 Å². The number of thiophene rings is 1. The predicted octanol–water partition coefficient (Wildman–Crippen LogP) is 1.53. The van der Waals surface area contributed by atoms with Crippen LogP contribution < -0.4 is 5.32 Å². The van der Waals surface area contributed by atoms with Gasteiger partial charge in [-0.2, -0.15) is 11.3 Å². The first-order chi connectivity index (χ1) is 9.03. The van der Waals surface area contributed by atoms with Crippen LogP contribution in [-0.2, 0) is 5.60 Å². The monoisotopic (exact) mass is 278 g/mol. The number of nitrogens with one attached hydrogen (secondary N) is 2. The van der Waals surface area contributed by atoms with E-state index < -0.39 is 5.60 Å². The summed E-state index contributed by atoms with van der Waals surface area (Å²) in [6, 6.07) is 4.87. The lowest BCUT2D eigenvalue weighted by Crippen LogP contribution is -2.38. The van der Waals surface area contributed by atoms with Crippen LogP contribution in [0.3, 0.4) is 0 Å². The van der Waals surface area contributed by atoms with Gasteiger partial charge in [0.15, 0.2) is 6.29 Å². The quantitative estimate of drug-likeness (QED) is 0.725. The number of hydrogen-bond donors (Lipinski definition) is 3. The Morgan fingerprint density at radius 2 is 2.32 bits per heavy atom. The largest absolute Gasteiger partial charge is 0.384 e. The van der Waals surface area contributed by atoms with Crippen molar-refractivity contribution >= 4 is 23.5 Å². The second-order valence-corrected chi connectivity index (χ2v) is 5.19. The maximum absolute atomic E-state index is 11.8. The van der Waals surface area contributed by atoms with Gasteiger partial charge in [-0.25, -0.2) is 0 Å². The molecule has 0 aliphatic rings. The molecule has 1 unspecified atom stereocenters. The molecule has 5 nitrogen and oxygen atoms in total. The Bertz CT molecular complexity index is 572. The molecule has 0 fully saturated rings. The molecule has 100 valence electrons. The van der Waals surface area contributed by atoms with E-state index in [4.69, 9.17) is 0 Å². The van der Waals surface area contributed by atoms with Gasteiger partial charge in [0.05, 0.1) is 12.2 Å². The molecule has 0 saturated heterocycles. The highest BCUT2D eigenvalue weighted by atomic mass is 32.1. The number of hydrogen-bond acceptors (Lipinski definition) is 4. The fourth-order valence-corrected chi connectivity index (χ4v) is 2.42. The number of H-pyrrole nitrogens is 1.